The van der Waals surface area contributed by atoms with Gasteiger partial charge in [0.25, 0.3) is 0 Å². The molecular weight excluding hydrogens is 337 g/mol. The fraction of sp³-hybridized carbons (Fsp3) is 0.500. The summed E-state index contributed by atoms with van der Waals surface area (Å²) in [5.74, 6) is -1.22. The van der Waals surface area contributed by atoms with Crippen molar-refractivity contribution in [2.75, 3.05) is 6.61 Å². The van der Waals surface area contributed by atoms with E-state index in [1.54, 1.807) is 20.8 Å². The Bertz CT molecular complexity index is 635. The van der Waals surface area contributed by atoms with E-state index in [9.17, 15) is 26.4 Å². The molecule has 0 aliphatic rings. The van der Waals surface area contributed by atoms with Crippen molar-refractivity contribution in [3.8, 4) is 5.75 Å². The molecule has 1 atom stereocenters. The molecule has 0 unspecified atom stereocenters. The number of carbonyl (C=O) groups is 1. The van der Waals surface area contributed by atoms with Crippen LogP contribution in [0.15, 0.2) is 24.3 Å². The average Bonchev–Trinajstić information content (AvgIpc) is 2.43. The van der Waals surface area contributed by atoms with E-state index >= 15 is 0 Å². The summed E-state index contributed by atoms with van der Waals surface area (Å²) in [4.78, 5) is 11.9. The van der Waals surface area contributed by atoms with Gasteiger partial charge in [-0.25, -0.2) is 0 Å². The highest BCUT2D eigenvalue weighted by molar-refractivity contribution is 7.87. The number of ketones is 1. The molecule has 0 amide bonds. The molecule has 5 nitrogen and oxygen atoms in total. The second-order valence-electron chi connectivity index (χ2n) is 5.10. The molecule has 0 saturated heterocycles. The van der Waals surface area contributed by atoms with Crippen LogP contribution in [-0.2, 0) is 19.6 Å². The van der Waals surface area contributed by atoms with Gasteiger partial charge in [0.1, 0.15) is 12.4 Å². The second-order valence-corrected chi connectivity index (χ2v) is 6.64. The van der Waals surface area contributed by atoms with E-state index in [1.807, 2.05) is 0 Å². The molecule has 0 saturated carbocycles. The van der Waals surface area contributed by atoms with E-state index in [4.69, 9.17) is 4.74 Å². The van der Waals surface area contributed by atoms with Crippen molar-refractivity contribution in [2.45, 2.75) is 38.3 Å². The van der Waals surface area contributed by atoms with Crippen molar-refractivity contribution in [2.24, 2.45) is 0 Å². The summed E-state index contributed by atoms with van der Waals surface area (Å²) in [6.45, 7) is 5.10. The Morgan fingerprint density at radius 1 is 1.13 bits per heavy atom. The summed E-state index contributed by atoms with van der Waals surface area (Å²) in [6.07, 6.45) is -0.102. The van der Waals surface area contributed by atoms with Crippen LogP contribution in [0.1, 0.15) is 32.3 Å². The Morgan fingerprint density at radius 2 is 1.65 bits per heavy atom. The van der Waals surface area contributed by atoms with Crippen molar-refractivity contribution in [3.05, 3.63) is 29.8 Å². The normalized spacial score (nSPS) is 13.9. The van der Waals surface area contributed by atoms with Gasteiger partial charge in [-0.1, -0.05) is 19.1 Å². The molecule has 0 N–H and O–H groups in total. The summed E-state index contributed by atoms with van der Waals surface area (Å²) in [7, 11) is -5.71. The van der Waals surface area contributed by atoms with Gasteiger partial charge in [-0.2, -0.15) is 21.6 Å². The van der Waals surface area contributed by atoms with Crippen molar-refractivity contribution < 1.29 is 35.3 Å². The maximum Gasteiger partial charge on any atom is 0.534 e. The second kappa shape index (κ2) is 7.31. The van der Waals surface area contributed by atoms with Crippen LogP contribution in [-0.4, -0.2) is 32.4 Å². The van der Waals surface area contributed by atoms with Crippen LogP contribution in [0, 0.1) is 0 Å². The van der Waals surface area contributed by atoms with E-state index < -0.39 is 27.3 Å². The first-order valence-corrected chi connectivity index (χ1v) is 8.10. The van der Waals surface area contributed by atoms with E-state index in [0.29, 0.717) is 5.56 Å². The molecule has 0 aliphatic carbocycles. The smallest absolute Gasteiger partial charge is 0.376 e. The van der Waals surface area contributed by atoms with E-state index in [0.717, 1.165) is 12.1 Å². The van der Waals surface area contributed by atoms with E-state index in [-0.39, 0.29) is 18.5 Å². The number of alkyl halides is 3. The maximum atomic E-state index is 12.2. The van der Waals surface area contributed by atoms with Gasteiger partial charge in [0.05, 0.1) is 6.10 Å². The van der Waals surface area contributed by atoms with Crippen molar-refractivity contribution in [1.82, 2.24) is 0 Å². The molecular formula is C14H17F3O5S. The van der Waals surface area contributed by atoms with Gasteiger partial charge in [0.2, 0.25) is 0 Å². The largest absolute Gasteiger partial charge is 0.534 e. The molecule has 9 heteroatoms. The predicted molar refractivity (Wildman–Crippen MR) is 76.6 cm³/mol. The van der Waals surface area contributed by atoms with Crippen LogP contribution >= 0.6 is 0 Å². The summed E-state index contributed by atoms with van der Waals surface area (Å²) in [5.41, 5.74) is -4.98. The third-order valence-electron chi connectivity index (χ3n) is 2.91. The highest BCUT2D eigenvalue weighted by atomic mass is 32.2. The van der Waals surface area contributed by atoms with Crippen LogP contribution in [0.3, 0.4) is 0 Å². The number of hydrogen-bond acceptors (Lipinski definition) is 5. The lowest BCUT2D eigenvalue weighted by atomic mass is 9.97. The molecule has 1 rings (SSSR count). The Kier molecular flexibility index (Phi) is 6.18. The Hall–Kier alpha value is -1.61. The van der Waals surface area contributed by atoms with E-state index in [1.165, 1.54) is 12.1 Å². The summed E-state index contributed by atoms with van der Waals surface area (Å²) >= 11 is 0. The fourth-order valence-electron chi connectivity index (χ4n) is 1.55. The predicted octanol–water partition coefficient (Wildman–Crippen LogP) is 3.01. The van der Waals surface area contributed by atoms with Gasteiger partial charge < -0.3 is 8.92 Å². The number of Topliss-reactive ketones (excluding diaryl/α,β-unsaturated/α-hetero) is 1. The van der Waals surface area contributed by atoms with Gasteiger partial charge in [-0.15, -0.1) is 0 Å². The molecule has 0 spiro atoms. The van der Waals surface area contributed by atoms with Gasteiger partial charge in [-0.3, -0.25) is 4.79 Å². The molecule has 0 aliphatic heterocycles. The molecule has 0 radical (unpaired) electrons. The lowest BCUT2D eigenvalue weighted by molar-refractivity contribution is -0.126. The van der Waals surface area contributed by atoms with Crippen LogP contribution < -0.4 is 4.18 Å². The summed E-state index contributed by atoms with van der Waals surface area (Å²) in [5, 5.41) is 0. The molecule has 1 aromatic carbocycles. The zero-order valence-electron chi connectivity index (χ0n) is 12.8. The van der Waals surface area contributed by atoms with Crippen molar-refractivity contribution in [3.63, 3.8) is 0 Å². The standard InChI is InChI=1S/C14H17F3O5S/c1-9(2)21-8-13(18)10(3)11-4-6-12(7-5-11)22-23(19,20)14(15,16)17/h4-7,9-10H,8H2,1-3H3/t10-/m1/s1. The van der Waals surface area contributed by atoms with Crippen LogP contribution in [0.25, 0.3) is 0 Å². The first-order valence-electron chi connectivity index (χ1n) is 6.69. The summed E-state index contributed by atoms with van der Waals surface area (Å²) < 4.78 is 67.6. The summed E-state index contributed by atoms with van der Waals surface area (Å²) in [6, 6.07) is 4.79. The lowest BCUT2D eigenvalue weighted by Crippen LogP contribution is -2.28. The minimum absolute atomic E-state index is 0.0838. The highest BCUT2D eigenvalue weighted by Gasteiger charge is 2.48. The maximum absolute atomic E-state index is 12.2. The van der Waals surface area contributed by atoms with Crippen LogP contribution in [0.2, 0.25) is 0 Å². The minimum Gasteiger partial charge on any atom is -0.376 e. The molecule has 1 aromatic rings. The van der Waals surface area contributed by atoms with E-state index in [2.05, 4.69) is 4.18 Å². The number of rotatable bonds is 7. The Labute approximate surface area is 132 Å². The molecule has 0 heterocycles. The van der Waals surface area contributed by atoms with Crippen LogP contribution in [0.4, 0.5) is 13.2 Å². The number of ether oxygens (including phenoxy) is 1. The van der Waals surface area contributed by atoms with Crippen LogP contribution in [0.5, 0.6) is 5.75 Å². The quantitative estimate of drug-likeness (QED) is 0.556. The number of carbonyl (C=O) groups excluding carboxylic acids is 1. The number of benzene rings is 1. The lowest BCUT2D eigenvalue weighted by Gasteiger charge is -2.14. The molecule has 130 valence electrons. The van der Waals surface area contributed by atoms with Gasteiger partial charge in [0.15, 0.2) is 5.78 Å². The highest BCUT2D eigenvalue weighted by Crippen LogP contribution is 2.28. The van der Waals surface area contributed by atoms with Crippen molar-refractivity contribution in [1.29, 1.82) is 0 Å². The zero-order valence-corrected chi connectivity index (χ0v) is 13.6. The number of hydrogen-bond donors (Lipinski definition) is 0. The number of halogens is 3. The first kappa shape index (κ1) is 19.4. The minimum atomic E-state index is -5.71. The van der Waals surface area contributed by atoms with Crippen molar-refractivity contribution >= 4 is 15.9 Å². The topological polar surface area (TPSA) is 69.7 Å². The molecule has 23 heavy (non-hydrogen) atoms. The first-order chi connectivity index (χ1) is 10.4. The molecule has 0 fully saturated rings. The third kappa shape index (κ3) is 5.51. The zero-order chi connectivity index (χ0) is 17.8. The fourth-order valence-corrected chi connectivity index (χ4v) is 2.00. The van der Waals surface area contributed by atoms with Gasteiger partial charge >= 0.3 is 15.6 Å². The molecule has 0 aromatic heterocycles. The SMILES string of the molecule is CC(C)OCC(=O)[C@H](C)c1ccc(OS(=O)(=O)C(F)(F)F)cc1. The van der Waals surface area contributed by atoms with Gasteiger partial charge in [0, 0.05) is 5.92 Å². The Morgan fingerprint density at radius 3 is 2.09 bits per heavy atom. The molecule has 0 bridgehead atoms. The third-order valence-corrected chi connectivity index (χ3v) is 3.89. The monoisotopic (exact) mass is 354 g/mol. The Balaban J connectivity index is 2.79. The van der Waals surface area contributed by atoms with Gasteiger partial charge in [-0.05, 0) is 31.5 Å². The average molecular weight is 354 g/mol.